The third-order valence-corrected chi connectivity index (χ3v) is 2.97. The number of ketones is 1. The molecule has 2 rings (SSSR count). The van der Waals surface area contributed by atoms with E-state index in [-0.39, 0.29) is 5.56 Å². The Morgan fingerprint density at radius 2 is 1.90 bits per heavy atom. The number of halogens is 2. The highest BCUT2D eigenvalue weighted by atomic mass is 19.2. The van der Waals surface area contributed by atoms with E-state index in [9.17, 15) is 18.8 Å². The van der Waals surface area contributed by atoms with E-state index in [1.165, 1.54) is 6.07 Å². The van der Waals surface area contributed by atoms with Gasteiger partial charge in [0.15, 0.2) is 17.4 Å². The van der Waals surface area contributed by atoms with Crippen LogP contribution in [0.3, 0.4) is 0 Å². The fourth-order valence-electron chi connectivity index (χ4n) is 1.95. The number of nitriles is 1. The summed E-state index contributed by atoms with van der Waals surface area (Å²) in [4.78, 5) is 12.2. The molecule has 2 nitrogen and oxygen atoms in total. The summed E-state index contributed by atoms with van der Waals surface area (Å²) in [6.07, 6.45) is 0. The molecule has 0 aliphatic heterocycles. The number of benzene rings is 2. The Bertz CT molecular complexity index is 704. The summed E-state index contributed by atoms with van der Waals surface area (Å²) in [6, 6.07) is 11.8. The molecule has 0 radical (unpaired) electrons. The van der Waals surface area contributed by atoms with Crippen LogP contribution in [-0.2, 0) is 0 Å². The standard InChI is InChI=1S/C16H11F2NO/c1-10-3-2-4-11(7-10)13(9-19)16(20)12-5-6-14(17)15(18)8-12/h2-8,13H,1H3. The van der Waals surface area contributed by atoms with E-state index in [4.69, 9.17) is 0 Å². The monoisotopic (exact) mass is 271 g/mol. The molecular formula is C16H11F2NO. The molecule has 0 aliphatic rings. The summed E-state index contributed by atoms with van der Waals surface area (Å²) in [5, 5.41) is 9.19. The second kappa shape index (κ2) is 5.62. The molecular weight excluding hydrogens is 260 g/mol. The zero-order valence-electron chi connectivity index (χ0n) is 10.7. The molecule has 0 saturated carbocycles. The van der Waals surface area contributed by atoms with Gasteiger partial charge in [-0.05, 0) is 30.7 Å². The lowest BCUT2D eigenvalue weighted by molar-refractivity contribution is 0.0978. The van der Waals surface area contributed by atoms with E-state index in [1.807, 2.05) is 19.1 Å². The zero-order valence-corrected chi connectivity index (χ0v) is 10.7. The average molecular weight is 271 g/mol. The number of aryl methyl sites for hydroxylation is 1. The molecule has 0 aromatic heterocycles. The van der Waals surface area contributed by atoms with E-state index in [0.29, 0.717) is 5.56 Å². The molecule has 4 heteroatoms. The zero-order chi connectivity index (χ0) is 14.7. The van der Waals surface area contributed by atoms with Gasteiger partial charge in [0, 0.05) is 5.56 Å². The van der Waals surface area contributed by atoms with Crippen LogP contribution in [0.1, 0.15) is 27.4 Å². The summed E-state index contributed by atoms with van der Waals surface area (Å²) in [5.41, 5.74) is 1.44. The summed E-state index contributed by atoms with van der Waals surface area (Å²) < 4.78 is 26.0. The van der Waals surface area contributed by atoms with E-state index in [2.05, 4.69) is 0 Å². The number of Topliss-reactive ketones (excluding diaryl/α,β-unsaturated/α-hetero) is 1. The van der Waals surface area contributed by atoms with Crippen molar-refractivity contribution in [3.63, 3.8) is 0 Å². The Labute approximate surface area is 115 Å². The third kappa shape index (κ3) is 2.72. The SMILES string of the molecule is Cc1cccc(C(C#N)C(=O)c2ccc(F)c(F)c2)c1. The smallest absolute Gasteiger partial charge is 0.184 e. The molecule has 20 heavy (non-hydrogen) atoms. The fourth-order valence-corrected chi connectivity index (χ4v) is 1.95. The van der Waals surface area contributed by atoms with Crippen molar-refractivity contribution in [2.75, 3.05) is 0 Å². The Kier molecular flexibility index (Phi) is 3.90. The quantitative estimate of drug-likeness (QED) is 0.797. The van der Waals surface area contributed by atoms with Gasteiger partial charge in [-0.2, -0.15) is 5.26 Å². The molecule has 1 unspecified atom stereocenters. The molecule has 0 N–H and O–H groups in total. The van der Waals surface area contributed by atoms with Crippen LogP contribution >= 0.6 is 0 Å². The molecule has 2 aromatic rings. The van der Waals surface area contributed by atoms with Crippen molar-refractivity contribution in [3.8, 4) is 6.07 Å². The lowest BCUT2D eigenvalue weighted by Gasteiger charge is -2.09. The lowest BCUT2D eigenvalue weighted by Crippen LogP contribution is -2.12. The van der Waals surface area contributed by atoms with Crippen LogP contribution in [0.4, 0.5) is 8.78 Å². The van der Waals surface area contributed by atoms with Crippen LogP contribution in [-0.4, -0.2) is 5.78 Å². The van der Waals surface area contributed by atoms with Gasteiger partial charge in [-0.1, -0.05) is 29.8 Å². The highest BCUT2D eigenvalue weighted by molar-refractivity contribution is 6.02. The molecule has 100 valence electrons. The van der Waals surface area contributed by atoms with Crippen molar-refractivity contribution in [1.29, 1.82) is 5.26 Å². The minimum absolute atomic E-state index is 0.0167. The maximum atomic E-state index is 13.2. The van der Waals surface area contributed by atoms with Crippen molar-refractivity contribution in [2.45, 2.75) is 12.8 Å². The second-order valence-electron chi connectivity index (χ2n) is 4.47. The van der Waals surface area contributed by atoms with Crippen LogP contribution in [0.25, 0.3) is 0 Å². The number of nitrogens with zero attached hydrogens (tertiary/aromatic N) is 1. The maximum Gasteiger partial charge on any atom is 0.184 e. The van der Waals surface area contributed by atoms with Gasteiger partial charge < -0.3 is 0 Å². The summed E-state index contributed by atoms with van der Waals surface area (Å²) in [5.74, 6) is -3.70. The Balaban J connectivity index is 2.39. The first-order chi connectivity index (χ1) is 9.52. The van der Waals surface area contributed by atoms with E-state index < -0.39 is 23.3 Å². The van der Waals surface area contributed by atoms with E-state index >= 15 is 0 Å². The summed E-state index contributed by atoms with van der Waals surface area (Å²) in [6.45, 7) is 1.85. The van der Waals surface area contributed by atoms with Crippen LogP contribution < -0.4 is 0 Å². The average Bonchev–Trinajstić information content (AvgIpc) is 2.42. The molecule has 0 heterocycles. The first kappa shape index (κ1) is 13.9. The van der Waals surface area contributed by atoms with Gasteiger partial charge in [0.2, 0.25) is 0 Å². The molecule has 1 atom stereocenters. The highest BCUT2D eigenvalue weighted by Crippen LogP contribution is 2.22. The molecule has 0 fully saturated rings. The minimum Gasteiger partial charge on any atom is -0.292 e. The molecule has 2 aromatic carbocycles. The molecule has 0 amide bonds. The van der Waals surface area contributed by atoms with Crippen LogP contribution in [0.2, 0.25) is 0 Å². The minimum atomic E-state index is -1.10. The predicted molar refractivity (Wildman–Crippen MR) is 70.2 cm³/mol. The summed E-state index contributed by atoms with van der Waals surface area (Å²) >= 11 is 0. The van der Waals surface area contributed by atoms with Crippen molar-refractivity contribution < 1.29 is 13.6 Å². The van der Waals surface area contributed by atoms with Gasteiger partial charge in [-0.15, -0.1) is 0 Å². The first-order valence-corrected chi connectivity index (χ1v) is 5.98. The number of hydrogen-bond donors (Lipinski definition) is 0. The highest BCUT2D eigenvalue weighted by Gasteiger charge is 2.22. The van der Waals surface area contributed by atoms with Gasteiger partial charge in [-0.3, -0.25) is 4.79 Å². The van der Waals surface area contributed by atoms with Gasteiger partial charge in [0.1, 0.15) is 5.92 Å². The predicted octanol–water partition coefficient (Wildman–Crippen LogP) is 3.76. The molecule has 0 aliphatic carbocycles. The Morgan fingerprint density at radius 1 is 1.15 bits per heavy atom. The largest absolute Gasteiger partial charge is 0.292 e. The van der Waals surface area contributed by atoms with Crippen molar-refractivity contribution in [3.05, 3.63) is 70.8 Å². The van der Waals surface area contributed by atoms with Gasteiger partial charge >= 0.3 is 0 Å². The number of hydrogen-bond acceptors (Lipinski definition) is 2. The third-order valence-electron chi connectivity index (χ3n) is 2.97. The lowest BCUT2D eigenvalue weighted by atomic mass is 9.91. The van der Waals surface area contributed by atoms with Crippen LogP contribution in [0, 0.1) is 29.9 Å². The molecule has 0 saturated heterocycles. The van der Waals surface area contributed by atoms with E-state index in [1.54, 1.807) is 18.2 Å². The van der Waals surface area contributed by atoms with Gasteiger partial charge in [-0.25, -0.2) is 8.78 Å². The Hall–Kier alpha value is -2.54. The van der Waals surface area contributed by atoms with Crippen molar-refractivity contribution >= 4 is 5.78 Å². The molecule has 0 spiro atoms. The van der Waals surface area contributed by atoms with Gasteiger partial charge in [0.05, 0.1) is 6.07 Å². The first-order valence-electron chi connectivity index (χ1n) is 5.98. The maximum absolute atomic E-state index is 13.2. The number of carbonyl (C=O) groups excluding carboxylic acids is 1. The number of carbonyl (C=O) groups is 1. The van der Waals surface area contributed by atoms with Crippen molar-refractivity contribution in [1.82, 2.24) is 0 Å². The number of rotatable bonds is 3. The normalized spacial score (nSPS) is 11.7. The van der Waals surface area contributed by atoms with Gasteiger partial charge in [0.25, 0.3) is 0 Å². The van der Waals surface area contributed by atoms with Crippen LogP contribution in [0.5, 0.6) is 0 Å². The fraction of sp³-hybridized carbons (Fsp3) is 0.125. The van der Waals surface area contributed by atoms with Crippen LogP contribution in [0.15, 0.2) is 42.5 Å². The molecule has 0 bridgehead atoms. The topological polar surface area (TPSA) is 40.9 Å². The van der Waals surface area contributed by atoms with E-state index in [0.717, 1.165) is 17.7 Å². The summed E-state index contributed by atoms with van der Waals surface area (Å²) in [7, 11) is 0. The Morgan fingerprint density at radius 3 is 2.50 bits per heavy atom. The van der Waals surface area contributed by atoms with Crippen molar-refractivity contribution in [2.24, 2.45) is 0 Å². The second-order valence-corrected chi connectivity index (χ2v) is 4.47.